The summed E-state index contributed by atoms with van der Waals surface area (Å²) >= 11 is 0. The first-order valence-corrected chi connectivity index (χ1v) is 6.64. The molecule has 1 aromatic heterocycles. The van der Waals surface area contributed by atoms with Crippen molar-refractivity contribution in [1.29, 1.82) is 5.26 Å². The second kappa shape index (κ2) is 6.57. The van der Waals surface area contributed by atoms with E-state index in [1.165, 1.54) is 19.2 Å². The van der Waals surface area contributed by atoms with E-state index in [9.17, 15) is 13.2 Å². The molecule has 0 saturated heterocycles. The lowest BCUT2D eigenvalue weighted by Gasteiger charge is -2.16. The Morgan fingerprint density at radius 1 is 1.22 bits per heavy atom. The zero-order valence-electron chi connectivity index (χ0n) is 12.4. The Labute approximate surface area is 131 Å². The molecule has 2 aromatic rings. The number of rotatable bonds is 4. The zero-order chi connectivity index (χ0) is 17.0. The topological polar surface area (TPSA) is 55.1 Å². The Bertz CT molecular complexity index is 739. The number of ether oxygens (including phenoxy) is 2. The molecule has 1 unspecified atom stereocenters. The van der Waals surface area contributed by atoms with Gasteiger partial charge in [-0.25, -0.2) is 4.98 Å². The molecule has 23 heavy (non-hydrogen) atoms. The summed E-state index contributed by atoms with van der Waals surface area (Å²) in [6.07, 6.45) is -5.21. The molecule has 0 amide bonds. The van der Waals surface area contributed by atoms with Crippen molar-refractivity contribution >= 4 is 0 Å². The van der Waals surface area contributed by atoms with Crippen LogP contribution in [0.2, 0.25) is 0 Å². The standard InChI is InChI=1S/C16H13F3N2O2/c1-10(14-4-3-5-15(21-14)22-2)23-12-7-6-11(9-20)13(8-12)16(17,18)19/h3-8,10H,1-2H3. The van der Waals surface area contributed by atoms with Gasteiger partial charge in [-0.15, -0.1) is 0 Å². The van der Waals surface area contributed by atoms with Crippen LogP contribution in [0.3, 0.4) is 0 Å². The third kappa shape index (κ3) is 3.92. The Balaban J connectivity index is 2.28. The molecule has 1 atom stereocenters. The summed E-state index contributed by atoms with van der Waals surface area (Å²) in [5, 5.41) is 8.78. The molecule has 0 aliphatic carbocycles. The van der Waals surface area contributed by atoms with Crippen LogP contribution in [0.25, 0.3) is 0 Å². The summed E-state index contributed by atoms with van der Waals surface area (Å²) in [4.78, 5) is 4.17. The van der Waals surface area contributed by atoms with Gasteiger partial charge in [0.05, 0.1) is 30.0 Å². The lowest BCUT2D eigenvalue weighted by molar-refractivity contribution is -0.137. The van der Waals surface area contributed by atoms with E-state index in [1.54, 1.807) is 25.1 Å². The SMILES string of the molecule is COc1cccc(C(C)Oc2ccc(C#N)c(C(F)(F)F)c2)n1. The second-order valence-corrected chi connectivity index (χ2v) is 4.68. The molecule has 2 rings (SSSR count). The van der Waals surface area contributed by atoms with Crippen LogP contribution < -0.4 is 9.47 Å². The largest absolute Gasteiger partial charge is 0.484 e. The summed E-state index contributed by atoms with van der Waals surface area (Å²) in [5.74, 6) is 0.391. The van der Waals surface area contributed by atoms with Gasteiger partial charge in [-0.1, -0.05) is 6.07 Å². The molecule has 0 saturated carbocycles. The van der Waals surface area contributed by atoms with Crippen LogP contribution in [0, 0.1) is 11.3 Å². The van der Waals surface area contributed by atoms with E-state index in [4.69, 9.17) is 14.7 Å². The van der Waals surface area contributed by atoms with E-state index in [-0.39, 0.29) is 5.75 Å². The van der Waals surface area contributed by atoms with Gasteiger partial charge in [-0.05, 0) is 31.2 Å². The number of nitrogens with zero attached hydrogens (tertiary/aromatic N) is 2. The van der Waals surface area contributed by atoms with Crippen molar-refractivity contribution in [2.45, 2.75) is 19.2 Å². The smallest absolute Gasteiger partial charge is 0.417 e. The van der Waals surface area contributed by atoms with Gasteiger partial charge in [-0.3, -0.25) is 0 Å². The summed E-state index contributed by atoms with van der Waals surface area (Å²) < 4.78 is 49.3. The molecule has 7 heteroatoms. The summed E-state index contributed by atoms with van der Waals surface area (Å²) in [5.41, 5.74) is -0.956. The summed E-state index contributed by atoms with van der Waals surface area (Å²) in [6, 6.07) is 9.79. The Hall–Kier alpha value is -2.75. The van der Waals surface area contributed by atoms with Gasteiger partial charge in [0.15, 0.2) is 0 Å². The number of halogens is 3. The van der Waals surface area contributed by atoms with Crippen molar-refractivity contribution in [1.82, 2.24) is 4.98 Å². The highest BCUT2D eigenvalue weighted by Gasteiger charge is 2.34. The number of aromatic nitrogens is 1. The van der Waals surface area contributed by atoms with E-state index >= 15 is 0 Å². The van der Waals surface area contributed by atoms with E-state index < -0.39 is 23.4 Å². The van der Waals surface area contributed by atoms with Crippen molar-refractivity contribution in [2.75, 3.05) is 7.11 Å². The Kier molecular flexibility index (Phi) is 4.74. The fourth-order valence-electron chi connectivity index (χ4n) is 1.96. The van der Waals surface area contributed by atoms with E-state index in [0.717, 1.165) is 12.1 Å². The molecule has 0 radical (unpaired) electrons. The minimum absolute atomic E-state index is 0.00782. The van der Waals surface area contributed by atoms with Crippen molar-refractivity contribution in [3.63, 3.8) is 0 Å². The molecule has 4 nitrogen and oxygen atoms in total. The maximum Gasteiger partial charge on any atom is 0.417 e. The monoisotopic (exact) mass is 322 g/mol. The highest BCUT2D eigenvalue weighted by molar-refractivity contribution is 5.44. The maximum atomic E-state index is 12.9. The molecule has 0 spiro atoms. The Morgan fingerprint density at radius 2 is 1.96 bits per heavy atom. The van der Waals surface area contributed by atoms with Gasteiger partial charge < -0.3 is 9.47 Å². The van der Waals surface area contributed by atoms with Gasteiger partial charge in [0.2, 0.25) is 5.88 Å². The third-order valence-electron chi connectivity index (χ3n) is 3.10. The minimum Gasteiger partial charge on any atom is -0.484 e. The second-order valence-electron chi connectivity index (χ2n) is 4.68. The average Bonchev–Trinajstić information content (AvgIpc) is 2.54. The highest BCUT2D eigenvalue weighted by Crippen LogP contribution is 2.35. The van der Waals surface area contributed by atoms with Crippen molar-refractivity contribution in [3.05, 3.63) is 53.2 Å². The van der Waals surface area contributed by atoms with Crippen molar-refractivity contribution in [2.24, 2.45) is 0 Å². The molecule has 1 heterocycles. The molecule has 0 fully saturated rings. The first-order valence-electron chi connectivity index (χ1n) is 6.64. The number of alkyl halides is 3. The van der Waals surface area contributed by atoms with Gasteiger partial charge >= 0.3 is 6.18 Å². The molecule has 120 valence electrons. The van der Waals surface area contributed by atoms with Gasteiger partial charge in [0.1, 0.15) is 11.9 Å². The summed E-state index contributed by atoms with van der Waals surface area (Å²) in [6.45, 7) is 1.66. The lowest BCUT2D eigenvalue weighted by atomic mass is 10.1. The van der Waals surface area contributed by atoms with Crippen LogP contribution in [-0.2, 0) is 6.18 Å². The van der Waals surface area contributed by atoms with Gasteiger partial charge in [0, 0.05) is 6.07 Å². The molecule has 0 N–H and O–H groups in total. The predicted molar refractivity (Wildman–Crippen MR) is 76.0 cm³/mol. The van der Waals surface area contributed by atoms with Crippen LogP contribution in [0.1, 0.15) is 29.8 Å². The number of hydrogen-bond donors (Lipinski definition) is 0. The van der Waals surface area contributed by atoms with Crippen molar-refractivity contribution in [3.8, 4) is 17.7 Å². The fraction of sp³-hybridized carbons (Fsp3) is 0.250. The lowest BCUT2D eigenvalue weighted by Crippen LogP contribution is -2.10. The summed E-state index contributed by atoms with van der Waals surface area (Å²) in [7, 11) is 1.47. The highest BCUT2D eigenvalue weighted by atomic mass is 19.4. The zero-order valence-corrected chi connectivity index (χ0v) is 12.4. The van der Waals surface area contributed by atoms with E-state index in [0.29, 0.717) is 11.6 Å². The molecular weight excluding hydrogens is 309 g/mol. The number of methoxy groups -OCH3 is 1. The first-order chi connectivity index (χ1) is 10.8. The van der Waals surface area contributed by atoms with Crippen LogP contribution in [0.4, 0.5) is 13.2 Å². The average molecular weight is 322 g/mol. The van der Waals surface area contributed by atoms with E-state index in [2.05, 4.69) is 4.98 Å². The molecule has 0 aliphatic heterocycles. The van der Waals surface area contributed by atoms with Gasteiger partial charge in [-0.2, -0.15) is 18.4 Å². The number of benzene rings is 1. The first kappa shape index (κ1) is 16.6. The molecule has 1 aromatic carbocycles. The number of pyridine rings is 1. The van der Waals surface area contributed by atoms with Crippen molar-refractivity contribution < 1.29 is 22.6 Å². The van der Waals surface area contributed by atoms with E-state index in [1.807, 2.05) is 0 Å². The number of hydrogen-bond acceptors (Lipinski definition) is 4. The predicted octanol–water partition coefficient (Wildman–Crippen LogP) is 4.12. The van der Waals surface area contributed by atoms with Crippen LogP contribution in [0.15, 0.2) is 36.4 Å². The van der Waals surface area contributed by atoms with Crippen LogP contribution in [-0.4, -0.2) is 12.1 Å². The van der Waals surface area contributed by atoms with Crippen LogP contribution >= 0.6 is 0 Å². The molecular formula is C16H13F3N2O2. The molecule has 0 bridgehead atoms. The normalized spacial score (nSPS) is 12.3. The fourth-order valence-corrected chi connectivity index (χ4v) is 1.96. The van der Waals surface area contributed by atoms with Gasteiger partial charge in [0.25, 0.3) is 0 Å². The minimum atomic E-state index is -4.62. The number of nitriles is 1. The third-order valence-corrected chi connectivity index (χ3v) is 3.10. The maximum absolute atomic E-state index is 12.9. The van der Waals surface area contributed by atoms with Crippen LogP contribution in [0.5, 0.6) is 11.6 Å². The molecule has 0 aliphatic rings. The Morgan fingerprint density at radius 3 is 2.57 bits per heavy atom. The quantitative estimate of drug-likeness (QED) is 0.849.